The van der Waals surface area contributed by atoms with Gasteiger partial charge in [0, 0.05) is 12.7 Å². The van der Waals surface area contributed by atoms with Crippen molar-refractivity contribution >= 4 is 0 Å². The first kappa shape index (κ1) is 14.2. The number of piperidine rings is 1. The van der Waals surface area contributed by atoms with Crippen LogP contribution in [0, 0.1) is 5.82 Å². The Hall–Kier alpha value is -1.72. The first-order chi connectivity index (χ1) is 10.2. The van der Waals surface area contributed by atoms with Crippen molar-refractivity contribution in [1.29, 1.82) is 0 Å². The lowest BCUT2D eigenvalue weighted by atomic mass is 9.91. The molecule has 112 valence electrons. The molecular formula is C16H20FN3O. The molecule has 1 aliphatic rings. The van der Waals surface area contributed by atoms with Gasteiger partial charge < -0.3 is 10.0 Å². The molecule has 1 atom stereocenters. The summed E-state index contributed by atoms with van der Waals surface area (Å²) >= 11 is 0. The van der Waals surface area contributed by atoms with Crippen LogP contribution in [0.3, 0.4) is 0 Å². The maximum absolute atomic E-state index is 12.9. The summed E-state index contributed by atoms with van der Waals surface area (Å²) in [6, 6.07) is 6.09. The Morgan fingerprint density at radius 1 is 1.29 bits per heavy atom. The van der Waals surface area contributed by atoms with E-state index in [4.69, 9.17) is 0 Å². The molecule has 1 aliphatic heterocycles. The molecule has 0 unspecified atom stereocenters. The van der Waals surface area contributed by atoms with Crippen LogP contribution in [0.5, 0.6) is 0 Å². The highest BCUT2D eigenvalue weighted by atomic mass is 19.1. The monoisotopic (exact) mass is 289 g/mol. The average molecular weight is 289 g/mol. The number of hydrogen-bond acceptors (Lipinski definition) is 3. The number of aliphatic hydroxyl groups excluding tert-OH is 1. The summed E-state index contributed by atoms with van der Waals surface area (Å²) in [4.78, 5) is 2.27. The molecule has 0 aliphatic carbocycles. The third kappa shape index (κ3) is 3.49. The van der Waals surface area contributed by atoms with Gasteiger partial charge in [-0.2, -0.15) is 5.10 Å². The van der Waals surface area contributed by atoms with E-state index in [0.29, 0.717) is 12.5 Å². The van der Waals surface area contributed by atoms with Crippen molar-refractivity contribution < 1.29 is 9.50 Å². The van der Waals surface area contributed by atoms with Crippen LogP contribution in [-0.2, 0) is 0 Å². The molecule has 0 saturated carbocycles. The van der Waals surface area contributed by atoms with Crippen molar-refractivity contribution in [1.82, 2.24) is 15.1 Å². The zero-order chi connectivity index (χ0) is 14.7. The molecule has 0 bridgehead atoms. The van der Waals surface area contributed by atoms with E-state index in [9.17, 15) is 9.50 Å². The summed E-state index contributed by atoms with van der Waals surface area (Å²) < 4.78 is 12.9. The fourth-order valence-corrected chi connectivity index (χ4v) is 2.97. The van der Waals surface area contributed by atoms with Crippen LogP contribution in [0.25, 0.3) is 0 Å². The van der Waals surface area contributed by atoms with Crippen LogP contribution in [0.2, 0.25) is 0 Å². The van der Waals surface area contributed by atoms with E-state index in [1.807, 2.05) is 12.4 Å². The van der Waals surface area contributed by atoms with E-state index in [-0.39, 0.29) is 5.82 Å². The number of likely N-dealkylation sites (tertiary alicyclic amines) is 1. The van der Waals surface area contributed by atoms with Gasteiger partial charge in [-0.3, -0.25) is 5.10 Å². The van der Waals surface area contributed by atoms with Gasteiger partial charge in [0.2, 0.25) is 0 Å². The van der Waals surface area contributed by atoms with Crippen LogP contribution in [0.1, 0.15) is 36.0 Å². The van der Waals surface area contributed by atoms with Crippen molar-refractivity contribution in [3.63, 3.8) is 0 Å². The van der Waals surface area contributed by atoms with Crippen molar-refractivity contribution in [2.24, 2.45) is 0 Å². The minimum atomic E-state index is -0.559. The highest BCUT2D eigenvalue weighted by Gasteiger charge is 2.23. The van der Waals surface area contributed by atoms with Gasteiger partial charge in [0.05, 0.1) is 12.3 Å². The fraction of sp³-hybridized carbons (Fsp3) is 0.438. The van der Waals surface area contributed by atoms with E-state index in [1.165, 1.54) is 17.7 Å². The third-order valence-electron chi connectivity index (χ3n) is 4.26. The summed E-state index contributed by atoms with van der Waals surface area (Å²) in [7, 11) is 0. The molecule has 1 aromatic carbocycles. The van der Waals surface area contributed by atoms with Gasteiger partial charge in [0.25, 0.3) is 0 Å². The maximum Gasteiger partial charge on any atom is 0.123 e. The molecule has 0 radical (unpaired) electrons. The summed E-state index contributed by atoms with van der Waals surface area (Å²) in [6.07, 6.45) is 5.46. The van der Waals surface area contributed by atoms with Gasteiger partial charge in [0.1, 0.15) is 5.82 Å². The summed E-state index contributed by atoms with van der Waals surface area (Å²) in [5.41, 5.74) is 2.04. The molecule has 5 heteroatoms. The number of benzene rings is 1. The van der Waals surface area contributed by atoms with E-state index in [0.717, 1.165) is 31.5 Å². The number of nitrogens with one attached hydrogen (secondary N) is 1. The normalized spacial score (nSPS) is 18.8. The summed E-state index contributed by atoms with van der Waals surface area (Å²) in [5.74, 6) is 0.287. The lowest BCUT2D eigenvalue weighted by molar-refractivity contribution is 0.0972. The molecule has 1 fully saturated rings. The highest BCUT2D eigenvalue weighted by molar-refractivity contribution is 5.19. The van der Waals surface area contributed by atoms with E-state index < -0.39 is 6.10 Å². The number of aromatic amines is 1. The summed E-state index contributed by atoms with van der Waals surface area (Å²) in [6.45, 7) is 2.53. The third-order valence-corrected chi connectivity index (χ3v) is 4.26. The molecule has 1 aromatic heterocycles. The van der Waals surface area contributed by atoms with Gasteiger partial charge in [-0.25, -0.2) is 4.39 Å². The number of rotatable bonds is 4. The number of nitrogens with zero attached hydrogens (tertiary/aromatic N) is 2. The van der Waals surface area contributed by atoms with Gasteiger partial charge >= 0.3 is 0 Å². The van der Waals surface area contributed by atoms with Gasteiger partial charge in [-0.1, -0.05) is 12.1 Å². The molecule has 2 heterocycles. The minimum absolute atomic E-state index is 0.271. The molecule has 0 amide bonds. The van der Waals surface area contributed by atoms with Crippen molar-refractivity contribution in [3.05, 3.63) is 53.6 Å². The molecule has 2 N–H and O–H groups in total. The SMILES string of the molecule is O[C@H](CN1CCC(c2cn[nH]c2)CC1)c1ccc(F)cc1. The van der Waals surface area contributed by atoms with E-state index in [1.54, 1.807) is 12.1 Å². The van der Waals surface area contributed by atoms with Crippen LogP contribution in [-0.4, -0.2) is 39.8 Å². The Bertz CT molecular complexity index is 547. The fourth-order valence-electron chi connectivity index (χ4n) is 2.97. The first-order valence-corrected chi connectivity index (χ1v) is 7.37. The van der Waals surface area contributed by atoms with Crippen LogP contribution < -0.4 is 0 Å². The van der Waals surface area contributed by atoms with Crippen molar-refractivity contribution in [3.8, 4) is 0 Å². The Kier molecular flexibility index (Phi) is 4.31. The van der Waals surface area contributed by atoms with Gasteiger partial charge in [-0.15, -0.1) is 0 Å². The van der Waals surface area contributed by atoms with Gasteiger partial charge in [0.15, 0.2) is 0 Å². The summed E-state index contributed by atoms with van der Waals surface area (Å²) in [5, 5.41) is 17.1. The van der Waals surface area contributed by atoms with Gasteiger partial charge in [-0.05, 0) is 55.1 Å². The Morgan fingerprint density at radius 3 is 2.62 bits per heavy atom. The second-order valence-electron chi connectivity index (χ2n) is 5.67. The van der Waals surface area contributed by atoms with Crippen LogP contribution in [0.4, 0.5) is 4.39 Å². The quantitative estimate of drug-likeness (QED) is 0.909. The van der Waals surface area contributed by atoms with Crippen molar-refractivity contribution in [2.45, 2.75) is 24.9 Å². The second kappa shape index (κ2) is 6.37. The molecule has 0 spiro atoms. The Morgan fingerprint density at radius 2 is 2.00 bits per heavy atom. The zero-order valence-corrected chi connectivity index (χ0v) is 11.9. The molecule has 2 aromatic rings. The Balaban J connectivity index is 1.52. The number of aromatic nitrogens is 2. The van der Waals surface area contributed by atoms with E-state index in [2.05, 4.69) is 15.1 Å². The second-order valence-corrected chi connectivity index (χ2v) is 5.67. The number of β-amino-alcohol motifs (C(OH)–C–C–N with tert-alkyl or cyclic N) is 1. The standard InChI is InChI=1S/C16H20FN3O/c17-15-3-1-13(2-4-15)16(21)11-20-7-5-12(6-8-20)14-9-18-19-10-14/h1-4,9-10,12,16,21H,5-8,11H2,(H,18,19)/t16-/m1/s1. The van der Waals surface area contributed by atoms with Crippen LogP contribution in [0.15, 0.2) is 36.7 Å². The topological polar surface area (TPSA) is 52.1 Å². The lowest BCUT2D eigenvalue weighted by Gasteiger charge is -2.32. The molecule has 21 heavy (non-hydrogen) atoms. The highest BCUT2D eigenvalue weighted by Crippen LogP contribution is 2.28. The molecule has 1 saturated heterocycles. The number of halogens is 1. The number of aliphatic hydroxyl groups is 1. The lowest BCUT2D eigenvalue weighted by Crippen LogP contribution is -2.36. The van der Waals surface area contributed by atoms with Crippen LogP contribution >= 0.6 is 0 Å². The average Bonchev–Trinajstić information content (AvgIpc) is 3.03. The molecule has 4 nitrogen and oxygen atoms in total. The number of H-pyrrole nitrogens is 1. The predicted molar refractivity (Wildman–Crippen MR) is 78.4 cm³/mol. The molecular weight excluding hydrogens is 269 g/mol. The molecule has 3 rings (SSSR count). The predicted octanol–water partition coefficient (Wildman–Crippen LogP) is 2.46. The Labute approximate surface area is 123 Å². The minimum Gasteiger partial charge on any atom is -0.387 e. The van der Waals surface area contributed by atoms with E-state index >= 15 is 0 Å². The van der Waals surface area contributed by atoms with Crippen molar-refractivity contribution in [2.75, 3.05) is 19.6 Å². The smallest absolute Gasteiger partial charge is 0.123 e. The first-order valence-electron chi connectivity index (χ1n) is 7.37. The zero-order valence-electron chi connectivity index (χ0n) is 11.9. The maximum atomic E-state index is 12.9. The number of hydrogen-bond donors (Lipinski definition) is 2. The largest absolute Gasteiger partial charge is 0.387 e.